The Labute approximate surface area is 41.2 Å². The predicted octanol–water partition coefficient (Wildman–Crippen LogP) is -0.218. The zero-order valence-corrected chi connectivity index (χ0v) is 3.40. The average molecular weight is 132 g/mol. The largest absolute Gasteiger partial charge is 2.00 e. The molecule has 0 aliphatic heterocycles. The van der Waals surface area contributed by atoms with E-state index in [1.165, 1.54) is 0 Å². The van der Waals surface area contributed by atoms with E-state index in [-0.39, 0.29) is 40.3 Å². The summed E-state index contributed by atoms with van der Waals surface area (Å²) >= 11 is 0. The molecule has 0 fully saturated rings. The Morgan fingerprint density at radius 3 is 0.600 bits per heavy atom. The fraction of sp³-hybridized carbons (Fsp3) is 0. The van der Waals surface area contributed by atoms with Gasteiger partial charge in [-0.25, -0.2) is 0 Å². The van der Waals surface area contributed by atoms with E-state index in [0.29, 0.717) is 0 Å². The molecule has 4 nitrogen and oxygen atoms in total. The second-order valence-electron chi connectivity index (χ2n) is 0. The molecule has 5 heavy (non-hydrogen) atoms. The summed E-state index contributed by atoms with van der Waals surface area (Å²) in [5, 5.41) is 0. The molecule has 0 bridgehead atoms. The van der Waals surface area contributed by atoms with E-state index in [1.54, 1.807) is 0 Å². The maximum absolute atomic E-state index is 0. The van der Waals surface area contributed by atoms with Crippen molar-refractivity contribution in [1.82, 2.24) is 0 Å². The van der Waals surface area contributed by atoms with Gasteiger partial charge in [-0.05, 0) is 0 Å². The van der Waals surface area contributed by atoms with Gasteiger partial charge in [-0.2, -0.15) is 0 Å². The zero-order chi connectivity index (χ0) is 0. The van der Waals surface area contributed by atoms with Gasteiger partial charge in [-0.15, -0.1) is 0 Å². The Hall–Kier alpha value is 0.359. The summed E-state index contributed by atoms with van der Waals surface area (Å²) in [6.45, 7) is 0. The van der Waals surface area contributed by atoms with Gasteiger partial charge >= 0.3 is 17.1 Å². The van der Waals surface area contributed by atoms with Crippen molar-refractivity contribution < 1.29 is 28.0 Å². The SMILES string of the molecule is O.O.[Cu+2].[NH2-].[NH2-]. The van der Waals surface area contributed by atoms with Gasteiger partial charge < -0.3 is 23.3 Å². The van der Waals surface area contributed by atoms with Crippen LogP contribution in [0.4, 0.5) is 0 Å². The Morgan fingerprint density at radius 1 is 0.600 bits per heavy atom. The van der Waals surface area contributed by atoms with Gasteiger partial charge in [-0.3, -0.25) is 0 Å². The number of nitrogens with two attached hydrogens (primary N) is 2. The molecular formula is H8CuN2O2. The van der Waals surface area contributed by atoms with Gasteiger partial charge in [0.15, 0.2) is 0 Å². The predicted molar refractivity (Wildman–Crippen MR) is 17.8 cm³/mol. The smallest absolute Gasteiger partial charge is 0.693 e. The van der Waals surface area contributed by atoms with Crippen molar-refractivity contribution in [2.45, 2.75) is 0 Å². The van der Waals surface area contributed by atoms with E-state index in [1.807, 2.05) is 0 Å². The van der Waals surface area contributed by atoms with Crippen LogP contribution < -0.4 is 0 Å². The molecule has 0 aliphatic rings. The number of hydrogen-bond acceptors (Lipinski definition) is 0. The summed E-state index contributed by atoms with van der Waals surface area (Å²) in [5.74, 6) is 0. The Kier molecular flexibility index (Phi) is 60000. The molecule has 1 radical (unpaired) electrons. The third-order valence-corrected chi connectivity index (χ3v) is 0. The Morgan fingerprint density at radius 2 is 0.600 bits per heavy atom. The molecule has 0 atom stereocenters. The summed E-state index contributed by atoms with van der Waals surface area (Å²) in [5.41, 5.74) is 0. The van der Waals surface area contributed by atoms with Gasteiger partial charge in [0, 0.05) is 0 Å². The summed E-state index contributed by atoms with van der Waals surface area (Å²) in [6, 6.07) is 0. The molecule has 41 valence electrons. The van der Waals surface area contributed by atoms with Gasteiger partial charge in [0.05, 0.1) is 0 Å². The first-order chi connectivity index (χ1) is 0. The van der Waals surface area contributed by atoms with Crippen molar-refractivity contribution in [3.8, 4) is 0 Å². The van der Waals surface area contributed by atoms with Gasteiger partial charge in [-0.1, -0.05) is 0 Å². The summed E-state index contributed by atoms with van der Waals surface area (Å²) in [4.78, 5) is 0. The Bertz CT molecular complexity index is 7.61. The first-order valence-electron chi connectivity index (χ1n) is 0. The molecule has 0 unspecified atom stereocenters. The standard InChI is InChI=1S/Cu.2H2N.2H2O/h;4*1H2/q+2;2*-1;;. The van der Waals surface area contributed by atoms with Crippen LogP contribution in [0.5, 0.6) is 0 Å². The molecule has 8 N–H and O–H groups in total. The quantitative estimate of drug-likeness (QED) is 0.403. The molecule has 0 heterocycles. The Balaban J connectivity index is 0. The van der Waals surface area contributed by atoms with Crippen LogP contribution in [0.2, 0.25) is 0 Å². The topological polar surface area (TPSA) is 130 Å². The van der Waals surface area contributed by atoms with Crippen LogP contribution in [-0.2, 0) is 17.1 Å². The maximum Gasteiger partial charge on any atom is 2.00 e. The molecule has 0 amide bonds. The number of rotatable bonds is 0. The minimum atomic E-state index is 0. The molecule has 0 aromatic rings. The molecule has 5 heteroatoms. The minimum absolute atomic E-state index is 0. The second-order valence-corrected chi connectivity index (χ2v) is 0. The van der Waals surface area contributed by atoms with Crippen molar-refractivity contribution in [1.29, 1.82) is 0 Å². The third-order valence-electron chi connectivity index (χ3n) is 0. The molecule has 0 aliphatic carbocycles. The molecule has 0 saturated carbocycles. The zero-order valence-electron chi connectivity index (χ0n) is 2.46. The van der Waals surface area contributed by atoms with Crippen LogP contribution in [0, 0.1) is 0 Å². The van der Waals surface area contributed by atoms with Crippen LogP contribution in [0.25, 0.3) is 12.3 Å². The monoisotopic (exact) mass is 131 g/mol. The molecule has 0 aromatic carbocycles. The van der Waals surface area contributed by atoms with E-state index in [2.05, 4.69) is 0 Å². The summed E-state index contributed by atoms with van der Waals surface area (Å²) < 4.78 is 0. The van der Waals surface area contributed by atoms with E-state index >= 15 is 0 Å². The molecule has 0 aromatic heterocycles. The van der Waals surface area contributed by atoms with Crippen molar-refractivity contribution in [3.63, 3.8) is 0 Å². The van der Waals surface area contributed by atoms with Crippen LogP contribution in [0.1, 0.15) is 0 Å². The van der Waals surface area contributed by atoms with Gasteiger partial charge in [0.1, 0.15) is 0 Å². The summed E-state index contributed by atoms with van der Waals surface area (Å²) in [6.07, 6.45) is 0. The molecule has 0 rings (SSSR count). The van der Waals surface area contributed by atoms with Gasteiger partial charge in [0.25, 0.3) is 0 Å². The normalized spacial score (nSPS) is 0. The molecular weight excluding hydrogens is 124 g/mol. The molecule has 0 spiro atoms. The van der Waals surface area contributed by atoms with Crippen molar-refractivity contribution >= 4 is 0 Å². The second kappa shape index (κ2) is 381. The average Bonchev–Trinajstić information content (AvgIpc) is 0. The van der Waals surface area contributed by atoms with Crippen molar-refractivity contribution in [2.24, 2.45) is 0 Å². The van der Waals surface area contributed by atoms with E-state index in [4.69, 9.17) is 0 Å². The van der Waals surface area contributed by atoms with E-state index in [9.17, 15) is 0 Å². The minimum Gasteiger partial charge on any atom is -0.693 e. The maximum atomic E-state index is 0. The van der Waals surface area contributed by atoms with Gasteiger partial charge in [0.2, 0.25) is 0 Å². The van der Waals surface area contributed by atoms with Crippen LogP contribution >= 0.6 is 0 Å². The van der Waals surface area contributed by atoms with Crippen molar-refractivity contribution in [3.05, 3.63) is 12.3 Å². The first-order valence-corrected chi connectivity index (χ1v) is 0. The number of hydrogen-bond donors (Lipinski definition) is 0. The van der Waals surface area contributed by atoms with Crippen LogP contribution in [0.15, 0.2) is 0 Å². The fourth-order valence-electron chi connectivity index (χ4n) is 0. The fourth-order valence-corrected chi connectivity index (χ4v) is 0. The van der Waals surface area contributed by atoms with Crippen LogP contribution in [-0.4, -0.2) is 11.0 Å². The van der Waals surface area contributed by atoms with Crippen molar-refractivity contribution in [2.75, 3.05) is 0 Å². The van der Waals surface area contributed by atoms with E-state index < -0.39 is 0 Å². The summed E-state index contributed by atoms with van der Waals surface area (Å²) in [7, 11) is 0. The third kappa shape index (κ3) is 188. The first kappa shape index (κ1) is 788. The molecule has 0 saturated heterocycles. The van der Waals surface area contributed by atoms with E-state index in [0.717, 1.165) is 0 Å². The van der Waals surface area contributed by atoms with Crippen LogP contribution in [0.3, 0.4) is 0 Å².